The topological polar surface area (TPSA) is 49.4 Å². The summed E-state index contributed by atoms with van der Waals surface area (Å²) in [4.78, 5) is 2.09. The molecule has 0 saturated heterocycles. The molecule has 2 aromatic rings. The predicted octanol–water partition coefficient (Wildman–Crippen LogP) is 3.15. The highest BCUT2D eigenvalue weighted by Gasteiger charge is 2.23. The Balaban J connectivity index is 2.11. The fraction of sp³-hybridized carbons (Fsp3) is 0.385. The lowest BCUT2D eigenvalue weighted by atomic mass is 10.3. The van der Waals surface area contributed by atoms with Gasteiger partial charge in [-0.15, -0.1) is 22.7 Å². The summed E-state index contributed by atoms with van der Waals surface area (Å²) in [5, 5.41) is 5.02. The second kappa shape index (κ2) is 7.34. The van der Waals surface area contributed by atoms with E-state index < -0.39 is 10.0 Å². The fourth-order valence-corrected chi connectivity index (χ4v) is 6.07. The van der Waals surface area contributed by atoms with Gasteiger partial charge in [-0.3, -0.25) is 0 Å². The molecule has 4 nitrogen and oxygen atoms in total. The van der Waals surface area contributed by atoms with Crippen molar-refractivity contribution in [2.45, 2.75) is 17.2 Å². The lowest BCUT2D eigenvalue weighted by Crippen LogP contribution is -2.25. The van der Waals surface area contributed by atoms with Crippen LogP contribution in [0.25, 0.3) is 0 Å². The third-order valence-corrected chi connectivity index (χ3v) is 8.02. The third-order valence-electron chi connectivity index (χ3n) is 2.92. The normalized spacial score (nSPS) is 12.2. The summed E-state index contributed by atoms with van der Waals surface area (Å²) in [6.45, 7) is 1.24. The molecule has 0 aliphatic rings. The maximum absolute atomic E-state index is 12.5. The molecule has 1 N–H and O–H groups in total. The van der Waals surface area contributed by atoms with E-state index in [0.717, 1.165) is 27.2 Å². The largest absolute Gasteiger partial charge is 0.319 e. The lowest BCUT2D eigenvalue weighted by Gasteiger charge is -2.14. The number of nitrogens with zero attached hydrogens (tertiary/aromatic N) is 1. The van der Waals surface area contributed by atoms with E-state index in [0.29, 0.717) is 10.8 Å². The Labute approximate surface area is 142 Å². The van der Waals surface area contributed by atoms with Gasteiger partial charge in [0.2, 0.25) is 0 Å². The number of hydrogen-bond acceptors (Lipinski definition) is 5. The molecule has 2 heterocycles. The Morgan fingerprint density at radius 2 is 2.10 bits per heavy atom. The number of halogens is 1. The first kappa shape index (κ1) is 17.1. The van der Waals surface area contributed by atoms with Crippen molar-refractivity contribution in [3.8, 4) is 0 Å². The fourth-order valence-electron chi connectivity index (χ4n) is 1.77. The molecule has 0 saturated carbocycles. The van der Waals surface area contributed by atoms with E-state index >= 15 is 0 Å². The van der Waals surface area contributed by atoms with Crippen molar-refractivity contribution >= 4 is 48.6 Å². The monoisotopic (exact) mass is 408 g/mol. The average molecular weight is 409 g/mol. The van der Waals surface area contributed by atoms with Crippen LogP contribution in [0.2, 0.25) is 0 Å². The van der Waals surface area contributed by atoms with Crippen LogP contribution in [-0.2, 0) is 23.0 Å². The molecule has 0 amide bonds. The summed E-state index contributed by atoms with van der Waals surface area (Å²) in [6.07, 6.45) is 0.846. The SMILES string of the molecule is CNCCc1ccc(S(=O)(=O)N(C)Cc2cc(Br)cs2)s1. The zero-order valence-corrected chi connectivity index (χ0v) is 15.8. The molecule has 0 aromatic carbocycles. The van der Waals surface area contributed by atoms with Gasteiger partial charge in [-0.1, -0.05) is 0 Å². The first-order chi connectivity index (χ1) is 9.93. The van der Waals surface area contributed by atoms with Gasteiger partial charge < -0.3 is 5.32 Å². The number of nitrogens with one attached hydrogen (secondary N) is 1. The molecule has 2 rings (SSSR count). The van der Waals surface area contributed by atoms with Crippen molar-refractivity contribution in [3.63, 3.8) is 0 Å². The number of likely N-dealkylation sites (N-methyl/N-ethyl adjacent to an activating group) is 1. The average Bonchev–Trinajstić information content (AvgIpc) is 3.06. The van der Waals surface area contributed by atoms with Gasteiger partial charge >= 0.3 is 0 Å². The maximum atomic E-state index is 12.5. The summed E-state index contributed by atoms with van der Waals surface area (Å²) in [5.41, 5.74) is 0. The Hall–Kier alpha value is -0.250. The first-order valence-corrected chi connectivity index (χ1v) is 10.3. The van der Waals surface area contributed by atoms with Crippen LogP contribution in [0.5, 0.6) is 0 Å². The van der Waals surface area contributed by atoms with Crippen LogP contribution < -0.4 is 5.32 Å². The molecule has 0 bridgehead atoms. The molecular weight excluding hydrogens is 392 g/mol. The standard InChI is InChI=1S/C13H17BrN2O2S3/c1-15-6-5-11-3-4-13(20-11)21(17,18)16(2)8-12-7-10(14)9-19-12/h3-4,7,9,15H,5-6,8H2,1-2H3. The molecule has 0 spiro atoms. The smallest absolute Gasteiger partial charge is 0.252 e. The molecule has 0 aliphatic heterocycles. The Morgan fingerprint density at radius 1 is 1.33 bits per heavy atom. The van der Waals surface area contributed by atoms with E-state index in [1.807, 2.05) is 24.6 Å². The van der Waals surface area contributed by atoms with Crippen molar-refractivity contribution in [1.29, 1.82) is 0 Å². The lowest BCUT2D eigenvalue weighted by molar-refractivity contribution is 0.471. The maximum Gasteiger partial charge on any atom is 0.252 e. The highest BCUT2D eigenvalue weighted by Crippen LogP contribution is 2.27. The second-order valence-corrected chi connectivity index (χ2v) is 9.92. The first-order valence-electron chi connectivity index (χ1n) is 6.36. The molecule has 21 heavy (non-hydrogen) atoms. The molecule has 0 radical (unpaired) electrons. The predicted molar refractivity (Wildman–Crippen MR) is 92.6 cm³/mol. The van der Waals surface area contributed by atoms with Gasteiger partial charge in [-0.25, -0.2) is 8.42 Å². The summed E-state index contributed by atoms with van der Waals surface area (Å²) >= 11 is 6.28. The summed E-state index contributed by atoms with van der Waals surface area (Å²) in [7, 11) is 0.0988. The molecular formula is C13H17BrN2O2S3. The third kappa shape index (κ3) is 4.37. The summed E-state index contributed by atoms with van der Waals surface area (Å²) < 4.78 is 27.9. The molecule has 0 unspecified atom stereocenters. The Bertz CT molecular complexity index is 694. The van der Waals surface area contributed by atoms with E-state index in [1.54, 1.807) is 24.5 Å². The molecule has 116 valence electrons. The van der Waals surface area contributed by atoms with E-state index in [1.165, 1.54) is 15.6 Å². The molecule has 0 atom stereocenters. The number of hydrogen-bond donors (Lipinski definition) is 1. The molecule has 8 heteroatoms. The highest BCUT2D eigenvalue weighted by molar-refractivity contribution is 9.10. The minimum absolute atomic E-state index is 0.391. The Kier molecular flexibility index (Phi) is 5.98. The van der Waals surface area contributed by atoms with Crippen LogP contribution in [0.15, 0.2) is 32.3 Å². The highest BCUT2D eigenvalue weighted by atomic mass is 79.9. The molecule has 0 aliphatic carbocycles. The van der Waals surface area contributed by atoms with Crippen LogP contribution >= 0.6 is 38.6 Å². The minimum atomic E-state index is -3.41. The van der Waals surface area contributed by atoms with E-state index in [4.69, 9.17) is 0 Å². The van der Waals surface area contributed by atoms with Gasteiger partial charge in [-0.2, -0.15) is 4.31 Å². The Morgan fingerprint density at radius 3 is 2.71 bits per heavy atom. The molecule has 2 aromatic heterocycles. The van der Waals surface area contributed by atoms with Crippen molar-refractivity contribution in [3.05, 3.63) is 37.8 Å². The van der Waals surface area contributed by atoms with Crippen LogP contribution in [0.3, 0.4) is 0 Å². The van der Waals surface area contributed by atoms with Crippen molar-refractivity contribution in [1.82, 2.24) is 9.62 Å². The zero-order valence-electron chi connectivity index (χ0n) is 11.8. The van der Waals surface area contributed by atoms with Gasteiger partial charge in [0.05, 0.1) is 0 Å². The van der Waals surface area contributed by atoms with Gasteiger partial charge in [-0.05, 0) is 54.1 Å². The summed E-state index contributed by atoms with van der Waals surface area (Å²) in [5.74, 6) is 0. The number of sulfonamides is 1. The van der Waals surface area contributed by atoms with E-state index in [-0.39, 0.29) is 0 Å². The van der Waals surface area contributed by atoms with Gasteiger partial charge in [0.1, 0.15) is 4.21 Å². The van der Waals surface area contributed by atoms with Gasteiger partial charge in [0.25, 0.3) is 10.0 Å². The minimum Gasteiger partial charge on any atom is -0.319 e. The zero-order chi connectivity index (χ0) is 15.5. The van der Waals surface area contributed by atoms with Crippen LogP contribution in [0.1, 0.15) is 9.75 Å². The molecule has 0 fully saturated rings. The number of rotatable bonds is 7. The van der Waals surface area contributed by atoms with Crippen molar-refractivity contribution in [2.75, 3.05) is 20.6 Å². The van der Waals surface area contributed by atoms with Crippen LogP contribution in [0, 0.1) is 0 Å². The summed E-state index contributed by atoms with van der Waals surface area (Å²) in [6, 6.07) is 5.54. The second-order valence-electron chi connectivity index (χ2n) is 4.57. The quantitative estimate of drug-likeness (QED) is 0.765. The van der Waals surface area contributed by atoms with E-state index in [9.17, 15) is 8.42 Å². The van der Waals surface area contributed by atoms with Crippen molar-refractivity contribution in [2.24, 2.45) is 0 Å². The van der Waals surface area contributed by atoms with Crippen molar-refractivity contribution < 1.29 is 8.42 Å². The van der Waals surface area contributed by atoms with Crippen LogP contribution in [-0.4, -0.2) is 33.4 Å². The van der Waals surface area contributed by atoms with Gasteiger partial charge in [0.15, 0.2) is 0 Å². The van der Waals surface area contributed by atoms with Gasteiger partial charge in [0, 0.05) is 33.2 Å². The van der Waals surface area contributed by atoms with E-state index in [2.05, 4.69) is 21.2 Å². The van der Waals surface area contributed by atoms with Crippen LogP contribution in [0.4, 0.5) is 0 Å². The number of thiophene rings is 2.